The van der Waals surface area contributed by atoms with Crippen molar-refractivity contribution >= 4 is 11.9 Å². The molecule has 110 valence electrons. The second kappa shape index (κ2) is 6.86. The Morgan fingerprint density at radius 3 is 2.74 bits per heavy atom. The normalized spacial score (nSPS) is 25.1. The van der Waals surface area contributed by atoms with E-state index in [-0.39, 0.29) is 19.1 Å². The fraction of sp³-hybridized carbons (Fsp3) is 0.846. The SMILES string of the molecule is CCCC1(C(=O)O)CCCN(C(=O)C(N)COC)C1. The second-order valence-electron chi connectivity index (χ2n) is 5.26. The molecule has 6 heteroatoms. The number of nitrogens with two attached hydrogens (primary N) is 1. The predicted molar refractivity (Wildman–Crippen MR) is 70.6 cm³/mol. The highest BCUT2D eigenvalue weighted by Gasteiger charge is 2.43. The molecule has 1 fully saturated rings. The predicted octanol–water partition coefficient (Wildman–Crippen LogP) is 0.454. The van der Waals surface area contributed by atoms with Crippen molar-refractivity contribution in [3.05, 3.63) is 0 Å². The molecule has 0 saturated carbocycles. The first-order chi connectivity index (χ1) is 8.96. The number of ether oxygens (including phenoxy) is 1. The van der Waals surface area contributed by atoms with Gasteiger partial charge in [0.25, 0.3) is 0 Å². The van der Waals surface area contributed by atoms with Gasteiger partial charge in [-0.05, 0) is 19.3 Å². The Hall–Kier alpha value is -1.14. The molecule has 0 aromatic heterocycles. The standard InChI is InChI=1S/C13H24N2O4/c1-3-5-13(12(17)18)6-4-7-15(9-13)11(16)10(14)8-19-2/h10H,3-9,14H2,1-2H3,(H,17,18). The molecule has 3 N–H and O–H groups in total. The van der Waals surface area contributed by atoms with Crippen LogP contribution in [0.2, 0.25) is 0 Å². The molecular weight excluding hydrogens is 248 g/mol. The summed E-state index contributed by atoms with van der Waals surface area (Å²) in [6.45, 7) is 2.95. The average molecular weight is 272 g/mol. The van der Waals surface area contributed by atoms with Gasteiger partial charge in [0, 0.05) is 20.2 Å². The Morgan fingerprint density at radius 1 is 1.53 bits per heavy atom. The minimum absolute atomic E-state index is 0.156. The fourth-order valence-electron chi connectivity index (χ4n) is 2.77. The molecule has 0 spiro atoms. The zero-order valence-electron chi connectivity index (χ0n) is 11.7. The number of methoxy groups -OCH3 is 1. The van der Waals surface area contributed by atoms with Crippen molar-refractivity contribution in [1.82, 2.24) is 4.90 Å². The van der Waals surface area contributed by atoms with E-state index in [2.05, 4.69) is 0 Å². The van der Waals surface area contributed by atoms with E-state index in [4.69, 9.17) is 10.5 Å². The van der Waals surface area contributed by atoms with E-state index in [1.54, 1.807) is 4.90 Å². The minimum Gasteiger partial charge on any atom is -0.481 e. The van der Waals surface area contributed by atoms with Gasteiger partial charge in [0.1, 0.15) is 6.04 Å². The van der Waals surface area contributed by atoms with E-state index in [0.717, 1.165) is 6.42 Å². The summed E-state index contributed by atoms with van der Waals surface area (Å²) in [6.07, 6.45) is 2.71. The fourth-order valence-corrected chi connectivity index (χ4v) is 2.77. The molecule has 0 aromatic carbocycles. The number of likely N-dealkylation sites (tertiary alicyclic amines) is 1. The van der Waals surface area contributed by atoms with E-state index < -0.39 is 17.4 Å². The molecule has 0 aliphatic carbocycles. The van der Waals surface area contributed by atoms with Gasteiger partial charge < -0.3 is 20.5 Å². The van der Waals surface area contributed by atoms with Crippen LogP contribution in [-0.4, -0.2) is 54.7 Å². The van der Waals surface area contributed by atoms with Gasteiger partial charge in [0.15, 0.2) is 0 Å². The minimum atomic E-state index is -0.813. The van der Waals surface area contributed by atoms with Crippen LogP contribution in [0.1, 0.15) is 32.6 Å². The van der Waals surface area contributed by atoms with Crippen LogP contribution in [0, 0.1) is 5.41 Å². The molecule has 2 atom stereocenters. The Morgan fingerprint density at radius 2 is 2.21 bits per heavy atom. The Bertz CT molecular complexity index is 331. The van der Waals surface area contributed by atoms with Gasteiger partial charge in [-0.15, -0.1) is 0 Å². The first-order valence-electron chi connectivity index (χ1n) is 6.73. The smallest absolute Gasteiger partial charge is 0.311 e. The van der Waals surface area contributed by atoms with Gasteiger partial charge in [-0.1, -0.05) is 13.3 Å². The summed E-state index contributed by atoms with van der Waals surface area (Å²) in [7, 11) is 1.49. The summed E-state index contributed by atoms with van der Waals surface area (Å²) in [5.74, 6) is -1.03. The second-order valence-corrected chi connectivity index (χ2v) is 5.26. The van der Waals surface area contributed by atoms with Crippen LogP contribution < -0.4 is 5.73 Å². The van der Waals surface area contributed by atoms with Gasteiger partial charge in [0.2, 0.25) is 5.91 Å². The van der Waals surface area contributed by atoms with Crippen LogP contribution in [0.15, 0.2) is 0 Å². The number of carboxylic acids is 1. The topological polar surface area (TPSA) is 92.9 Å². The number of nitrogens with zero attached hydrogens (tertiary/aromatic N) is 1. The van der Waals surface area contributed by atoms with Crippen molar-refractivity contribution in [1.29, 1.82) is 0 Å². The number of carbonyl (C=O) groups is 2. The summed E-state index contributed by atoms with van der Waals surface area (Å²) in [5.41, 5.74) is 4.92. The Kier molecular flexibility index (Phi) is 5.75. The maximum Gasteiger partial charge on any atom is 0.311 e. The molecule has 1 saturated heterocycles. The summed E-state index contributed by atoms with van der Waals surface area (Å²) in [5, 5.41) is 9.47. The molecule has 0 radical (unpaired) electrons. The third-order valence-electron chi connectivity index (χ3n) is 3.73. The Balaban J connectivity index is 2.77. The first kappa shape index (κ1) is 15.9. The van der Waals surface area contributed by atoms with E-state index in [9.17, 15) is 14.7 Å². The summed E-state index contributed by atoms with van der Waals surface area (Å²) in [6, 6.07) is -0.712. The molecule has 1 rings (SSSR count). The first-order valence-corrected chi connectivity index (χ1v) is 6.73. The van der Waals surface area contributed by atoms with Crippen molar-refractivity contribution < 1.29 is 19.4 Å². The highest BCUT2D eigenvalue weighted by atomic mass is 16.5. The molecule has 0 bridgehead atoms. The van der Waals surface area contributed by atoms with Crippen molar-refractivity contribution in [2.45, 2.75) is 38.6 Å². The van der Waals surface area contributed by atoms with Gasteiger partial charge >= 0.3 is 5.97 Å². The van der Waals surface area contributed by atoms with Crippen LogP contribution in [0.25, 0.3) is 0 Å². The summed E-state index contributed by atoms with van der Waals surface area (Å²) < 4.78 is 4.87. The number of amides is 1. The quantitative estimate of drug-likeness (QED) is 0.732. The van der Waals surface area contributed by atoms with Crippen molar-refractivity contribution in [3.8, 4) is 0 Å². The number of hydrogen-bond acceptors (Lipinski definition) is 4. The van der Waals surface area contributed by atoms with Crippen molar-refractivity contribution in [2.75, 3.05) is 26.8 Å². The van der Waals surface area contributed by atoms with E-state index in [1.807, 2.05) is 6.92 Å². The number of piperidine rings is 1. The largest absolute Gasteiger partial charge is 0.481 e. The lowest BCUT2D eigenvalue weighted by atomic mass is 9.76. The maximum absolute atomic E-state index is 12.1. The average Bonchev–Trinajstić information content (AvgIpc) is 2.38. The zero-order valence-corrected chi connectivity index (χ0v) is 11.7. The lowest BCUT2D eigenvalue weighted by Gasteiger charge is -2.40. The summed E-state index contributed by atoms with van der Waals surface area (Å²) in [4.78, 5) is 25.2. The maximum atomic E-state index is 12.1. The number of aliphatic carboxylic acids is 1. The van der Waals surface area contributed by atoms with E-state index in [0.29, 0.717) is 25.8 Å². The van der Waals surface area contributed by atoms with Gasteiger partial charge in [-0.2, -0.15) is 0 Å². The number of carbonyl (C=O) groups excluding carboxylic acids is 1. The molecule has 1 aliphatic rings. The number of carboxylic acid groups (broad SMARTS) is 1. The lowest BCUT2D eigenvalue weighted by Crippen LogP contribution is -2.54. The molecule has 19 heavy (non-hydrogen) atoms. The molecule has 0 aromatic rings. The van der Waals surface area contributed by atoms with Crippen LogP contribution in [-0.2, 0) is 14.3 Å². The molecule has 6 nitrogen and oxygen atoms in total. The lowest BCUT2D eigenvalue weighted by molar-refractivity contribution is -0.156. The molecular formula is C13H24N2O4. The van der Waals surface area contributed by atoms with Crippen molar-refractivity contribution in [2.24, 2.45) is 11.1 Å². The third kappa shape index (κ3) is 3.67. The van der Waals surface area contributed by atoms with Gasteiger partial charge in [-0.3, -0.25) is 9.59 Å². The van der Waals surface area contributed by atoms with Crippen LogP contribution >= 0.6 is 0 Å². The number of hydrogen-bond donors (Lipinski definition) is 2. The Labute approximate surface area is 113 Å². The van der Waals surface area contributed by atoms with E-state index in [1.165, 1.54) is 7.11 Å². The summed E-state index contributed by atoms with van der Waals surface area (Å²) >= 11 is 0. The molecule has 1 aliphatic heterocycles. The van der Waals surface area contributed by atoms with Crippen LogP contribution in [0.5, 0.6) is 0 Å². The third-order valence-corrected chi connectivity index (χ3v) is 3.73. The van der Waals surface area contributed by atoms with Crippen molar-refractivity contribution in [3.63, 3.8) is 0 Å². The monoisotopic (exact) mass is 272 g/mol. The van der Waals surface area contributed by atoms with Crippen LogP contribution in [0.4, 0.5) is 0 Å². The van der Waals surface area contributed by atoms with Crippen LogP contribution in [0.3, 0.4) is 0 Å². The zero-order chi connectivity index (χ0) is 14.5. The molecule has 2 unspecified atom stereocenters. The number of rotatable bonds is 6. The van der Waals surface area contributed by atoms with Gasteiger partial charge in [0.05, 0.1) is 12.0 Å². The van der Waals surface area contributed by atoms with Gasteiger partial charge in [-0.25, -0.2) is 0 Å². The van der Waals surface area contributed by atoms with E-state index >= 15 is 0 Å². The highest BCUT2D eigenvalue weighted by molar-refractivity contribution is 5.83. The highest BCUT2D eigenvalue weighted by Crippen LogP contribution is 2.35. The molecule has 1 heterocycles. The molecule has 1 amide bonds.